The number of sulfonamides is 1. The molecule has 0 saturated heterocycles. The van der Waals surface area contributed by atoms with E-state index in [9.17, 15) is 18.0 Å². The molecule has 0 aliphatic carbocycles. The molecule has 0 spiro atoms. The van der Waals surface area contributed by atoms with E-state index in [0.717, 1.165) is 6.42 Å². The number of nitrogens with one attached hydrogen (secondary N) is 2. The lowest BCUT2D eigenvalue weighted by Crippen LogP contribution is -2.31. The lowest BCUT2D eigenvalue weighted by atomic mass is 10.1. The number of carbonyl (C=O) groups excluding carboxylic acids is 1. The van der Waals surface area contributed by atoms with E-state index in [2.05, 4.69) is 16.9 Å². The van der Waals surface area contributed by atoms with Gasteiger partial charge >= 0.3 is 0 Å². The third-order valence-electron chi connectivity index (χ3n) is 5.03. The summed E-state index contributed by atoms with van der Waals surface area (Å²) < 4.78 is 28.0. The van der Waals surface area contributed by atoms with Crippen LogP contribution in [-0.4, -0.2) is 32.4 Å². The van der Waals surface area contributed by atoms with E-state index in [-0.39, 0.29) is 22.4 Å². The highest BCUT2D eigenvalue weighted by atomic mass is 32.2. The number of benzene rings is 2. The molecule has 0 fully saturated rings. The van der Waals surface area contributed by atoms with Crippen LogP contribution in [0.15, 0.2) is 77.1 Å². The van der Waals surface area contributed by atoms with Crippen molar-refractivity contribution < 1.29 is 13.2 Å². The molecule has 3 rings (SSSR count). The van der Waals surface area contributed by atoms with E-state index in [4.69, 9.17) is 0 Å². The summed E-state index contributed by atoms with van der Waals surface area (Å²) in [6, 6.07) is 12.9. The Kier molecular flexibility index (Phi) is 7.15. The van der Waals surface area contributed by atoms with E-state index in [0.29, 0.717) is 23.7 Å². The molecule has 3 aromatic rings. The smallest absolute Gasteiger partial charge is 0.264 e. The minimum atomic E-state index is -3.97. The van der Waals surface area contributed by atoms with Gasteiger partial charge in [-0.05, 0) is 42.7 Å². The normalized spacial score (nSPS) is 11.5. The van der Waals surface area contributed by atoms with Crippen LogP contribution in [0.5, 0.6) is 0 Å². The number of anilines is 1. The van der Waals surface area contributed by atoms with E-state index in [1.807, 2.05) is 13.8 Å². The number of pyridine rings is 1. The maximum Gasteiger partial charge on any atom is 0.264 e. The van der Waals surface area contributed by atoms with Crippen LogP contribution in [0.4, 0.5) is 5.69 Å². The third-order valence-corrected chi connectivity index (χ3v) is 6.82. The number of amides is 1. The number of para-hydroxylation sites is 1. The van der Waals surface area contributed by atoms with Gasteiger partial charge in [-0.2, -0.15) is 0 Å². The molecule has 0 bridgehead atoms. The molecule has 7 nitrogen and oxygen atoms in total. The molecule has 0 unspecified atom stereocenters. The number of hydrogen-bond donors (Lipinski definition) is 2. The zero-order valence-corrected chi connectivity index (χ0v) is 19.0. The van der Waals surface area contributed by atoms with E-state index < -0.39 is 21.4 Å². The molecule has 1 heterocycles. The van der Waals surface area contributed by atoms with Gasteiger partial charge in [0.2, 0.25) is 5.43 Å². The maximum atomic E-state index is 13.4. The van der Waals surface area contributed by atoms with Gasteiger partial charge in [0.25, 0.3) is 15.9 Å². The Hall–Kier alpha value is -3.39. The Balaban J connectivity index is 2.02. The van der Waals surface area contributed by atoms with Crippen LogP contribution in [0.25, 0.3) is 10.9 Å². The van der Waals surface area contributed by atoms with Gasteiger partial charge in [-0.3, -0.25) is 13.9 Å². The molecular weight excluding hydrogens is 426 g/mol. The van der Waals surface area contributed by atoms with Gasteiger partial charge in [-0.25, -0.2) is 8.42 Å². The minimum absolute atomic E-state index is 0.0430. The molecule has 168 valence electrons. The average Bonchev–Trinajstić information content (AvgIpc) is 2.77. The quantitative estimate of drug-likeness (QED) is 0.483. The Morgan fingerprint density at radius 1 is 1.19 bits per heavy atom. The van der Waals surface area contributed by atoms with Gasteiger partial charge in [0.1, 0.15) is 5.56 Å². The fraction of sp³-hybridized carbons (Fsp3) is 0.250. The number of hydrogen-bond acceptors (Lipinski definition) is 4. The second-order valence-electron chi connectivity index (χ2n) is 7.84. The van der Waals surface area contributed by atoms with Crippen LogP contribution >= 0.6 is 0 Å². The highest BCUT2D eigenvalue weighted by Crippen LogP contribution is 2.25. The molecule has 2 N–H and O–H groups in total. The van der Waals surface area contributed by atoms with Crippen molar-refractivity contribution in [1.82, 2.24) is 10.3 Å². The summed E-state index contributed by atoms with van der Waals surface area (Å²) in [4.78, 5) is 28.4. The number of aromatic nitrogens is 1. The SMILES string of the molecule is C=CCN(c1ccccc1)S(=O)(=O)c1ccc2[nH]cc(C(=O)NCCC(C)C)c(=O)c2c1. The van der Waals surface area contributed by atoms with E-state index >= 15 is 0 Å². The van der Waals surface area contributed by atoms with Crippen molar-refractivity contribution in [2.75, 3.05) is 17.4 Å². The second-order valence-corrected chi connectivity index (χ2v) is 9.70. The van der Waals surface area contributed by atoms with Crippen LogP contribution in [0.3, 0.4) is 0 Å². The zero-order valence-electron chi connectivity index (χ0n) is 18.2. The van der Waals surface area contributed by atoms with Crippen molar-refractivity contribution in [3.05, 3.63) is 83.2 Å². The lowest BCUT2D eigenvalue weighted by molar-refractivity contribution is 0.0951. The predicted molar refractivity (Wildman–Crippen MR) is 128 cm³/mol. The van der Waals surface area contributed by atoms with Crippen LogP contribution < -0.4 is 15.1 Å². The summed E-state index contributed by atoms with van der Waals surface area (Å²) >= 11 is 0. The van der Waals surface area contributed by atoms with E-state index in [1.54, 1.807) is 30.3 Å². The molecule has 8 heteroatoms. The molecule has 0 saturated carbocycles. The highest BCUT2D eigenvalue weighted by molar-refractivity contribution is 7.92. The molecule has 0 radical (unpaired) electrons. The second kappa shape index (κ2) is 9.82. The molecule has 0 atom stereocenters. The molecule has 0 aliphatic heterocycles. The number of fused-ring (bicyclic) bond motifs is 1. The Labute approximate surface area is 187 Å². The monoisotopic (exact) mass is 453 g/mol. The van der Waals surface area contributed by atoms with Gasteiger partial charge in [-0.15, -0.1) is 6.58 Å². The molecule has 1 aromatic heterocycles. The summed E-state index contributed by atoms with van der Waals surface area (Å²) in [5.74, 6) is -0.0688. The van der Waals surface area contributed by atoms with Crippen molar-refractivity contribution in [1.29, 1.82) is 0 Å². The number of aromatic amines is 1. The average molecular weight is 454 g/mol. The molecule has 32 heavy (non-hydrogen) atoms. The van der Waals surface area contributed by atoms with Gasteiger partial charge in [0.15, 0.2) is 0 Å². The topological polar surface area (TPSA) is 99.3 Å². The van der Waals surface area contributed by atoms with Crippen LogP contribution in [0, 0.1) is 5.92 Å². The first-order valence-corrected chi connectivity index (χ1v) is 11.8. The third kappa shape index (κ3) is 4.91. The van der Waals surface area contributed by atoms with Gasteiger partial charge in [0, 0.05) is 23.6 Å². The molecule has 1 amide bonds. The number of carbonyl (C=O) groups is 1. The summed E-state index contributed by atoms with van der Waals surface area (Å²) in [5, 5.41) is 2.87. The summed E-state index contributed by atoms with van der Waals surface area (Å²) in [6.45, 7) is 8.27. The number of nitrogens with zero attached hydrogens (tertiary/aromatic N) is 1. The zero-order chi connectivity index (χ0) is 23.3. The van der Waals surface area contributed by atoms with Crippen molar-refractivity contribution in [2.45, 2.75) is 25.2 Å². The van der Waals surface area contributed by atoms with E-state index in [1.165, 1.54) is 34.8 Å². The lowest BCUT2D eigenvalue weighted by Gasteiger charge is -2.23. The number of rotatable bonds is 9. The van der Waals surface area contributed by atoms with Gasteiger partial charge in [-0.1, -0.05) is 38.1 Å². The summed E-state index contributed by atoms with van der Waals surface area (Å²) in [7, 11) is -3.97. The van der Waals surface area contributed by atoms with Crippen LogP contribution in [0.2, 0.25) is 0 Å². The van der Waals surface area contributed by atoms with Gasteiger partial charge < -0.3 is 10.3 Å². The first-order chi connectivity index (χ1) is 15.3. The maximum absolute atomic E-state index is 13.4. The first-order valence-electron chi connectivity index (χ1n) is 10.4. The Morgan fingerprint density at radius 3 is 2.56 bits per heavy atom. The largest absolute Gasteiger partial charge is 0.360 e. The fourth-order valence-electron chi connectivity index (χ4n) is 3.28. The standard InChI is InChI=1S/C24H27N3O4S/c1-4-14-27(18-8-6-5-7-9-18)32(30,31)19-10-11-22-20(15-19)23(28)21(16-26-22)24(29)25-13-12-17(2)3/h4-11,15-17H,1,12-14H2,2-3H3,(H,25,29)(H,26,28). The van der Waals surface area contributed by atoms with Crippen molar-refractivity contribution >= 4 is 32.5 Å². The van der Waals surface area contributed by atoms with Crippen LogP contribution in [0.1, 0.15) is 30.6 Å². The predicted octanol–water partition coefficient (Wildman–Crippen LogP) is 3.69. The van der Waals surface area contributed by atoms with Crippen molar-refractivity contribution in [2.24, 2.45) is 5.92 Å². The molecular formula is C24H27N3O4S. The van der Waals surface area contributed by atoms with Gasteiger partial charge in [0.05, 0.1) is 17.1 Å². The molecule has 2 aromatic carbocycles. The Bertz CT molecular complexity index is 1280. The summed E-state index contributed by atoms with van der Waals surface area (Å²) in [5.41, 5.74) is 0.358. The molecule has 0 aliphatic rings. The van der Waals surface area contributed by atoms with Crippen LogP contribution in [-0.2, 0) is 10.0 Å². The number of H-pyrrole nitrogens is 1. The highest BCUT2D eigenvalue weighted by Gasteiger charge is 2.25. The fourth-order valence-corrected chi connectivity index (χ4v) is 4.74. The Morgan fingerprint density at radius 2 is 1.91 bits per heavy atom. The first kappa shape index (κ1) is 23.3. The van der Waals surface area contributed by atoms with Crippen molar-refractivity contribution in [3.63, 3.8) is 0 Å². The van der Waals surface area contributed by atoms with Crippen molar-refractivity contribution in [3.8, 4) is 0 Å². The minimum Gasteiger partial charge on any atom is -0.360 e. The summed E-state index contributed by atoms with van der Waals surface area (Å²) in [6.07, 6.45) is 3.65.